The van der Waals surface area contributed by atoms with Gasteiger partial charge in [-0.1, -0.05) is 6.92 Å². The Balaban J connectivity index is 1.59. The summed E-state index contributed by atoms with van der Waals surface area (Å²) in [5.41, 5.74) is 2.48. The van der Waals surface area contributed by atoms with E-state index in [0.717, 1.165) is 44.6 Å². The standard InChI is InChI=1S/C23H31NO6S/c1-4-30-20-11-17-14(9-19(20)24(13(2)25)31(27,28)29)5-6-18-16(17)7-8-22(3)21(26)10-15-12-23(15,18)22/h9,11,15-16,18,21,26H,4-8,10,12H2,1-3H3,(H,27,28,29)/t15-,16-,18-,21+,22-,23+/m1/s1. The highest BCUT2D eigenvalue weighted by Gasteiger charge is 2.76. The number of nitrogens with zero attached hydrogens (tertiary/aromatic N) is 1. The van der Waals surface area contributed by atoms with E-state index in [0.29, 0.717) is 34.4 Å². The summed E-state index contributed by atoms with van der Waals surface area (Å²) in [6.07, 6.45) is 5.66. The molecule has 0 radical (unpaired) electrons. The van der Waals surface area contributed by atoms with Crippen LogP contribution in [0.25, 0.3) is 0 Å². The molecule has 3 fully saturated rings. The summed E-state index contributed by atoms with van der Waals surface area (Å²) in [5, 5.41) is 10.8. The maximum absolute atomic E-state index is 12.1. The lowest BCUT2D eigenvalue weighted by molar-refractivity contribution is -0.115. The maximum Gasteiger partial charge on any atom is 0.366 e. The fraction of sp³-hybridized carbons (Fsp3) is 0.696. The SMILES string of the molecule is CCOc1cc2c(cc1N(C(C)=O)S(=O)(=O)O)CC[C@@H]1[C@@H]2CC[C@]2(C)[C@@H](O)C[C@@H]3C[C@]312. The molecular formula is C23H31NO6S. The van der Waals surface area contributed by atoms with Crippen LogP contribution in [-0.2, 0) is 21.5 Å². The van der Waals surface area contributed by atoms with E-state index in [1.165, 1.54) is 12.0 Å². The zero-order valence-corrected chi connectivity index (χ0v) is 19.1. The van der Waals surface area contributed by atoms with Gasteiger partial charge in [-0.2, -0.15) is 12.7 Å². The molecule has 5 rings (SSSR count). The fourth-order valence-electron chi connectivity index (χ4n) is 7.69. The minimum atomic E-state index is -4.76. The van der Waals surface area contributed by atoms with Gasteiger partial charge in [-0.05, 0) is 97.3 Å². The van der Waals surface area contributed by atoms with E-state index in [1.807, 2.05) is 6.07 Å². The number of carbonyl (C=O) groups excluding carboxylic acids is 1. The van der Waals surface area contributed by atoms with Gasteiger partial charge < -0.3 is 9.84 Å². The topological polar surface area (TPSA) is 104 Å². The molecule has 31 heavy (non-hydrogen) atoms. The monoisotopic (exact) mass is 449 g/mol. The fourth-order valence-corrected chi connectivity index (χ4v) is 8.41. The molecule has 4 aliphatic carbocycles. The number of anilines is 1. The van der Waals surface area contributed by atoms with Crippen molar-refractivity contribution in [1.29, 1.82) is 0 Å². The van der Waals surface area contributed by atoms with E-state index in [9.17, 15) is 22.9 Å². The van der Waals surface area contributed by atoms with Gasteiger partial charge >= 0.3 is 10.3 Å². The van der Waals surface area contributed by atoms with Crippen molar-refractivity contribution in [2.75, 3.05) is 10.9 Å². The predicted molar refractivity (Wildman–Crippen MR) is 115 cm³/mol. The molecule has 2 N–H and O–H groups in total. The number of rotatable bonds is 4. The van der Waals surface area contributed by atoms with Gasteiger partial charge in [0.15, 0.2) is 0 Å². The Kier molecular flexibility index (Phi) is 4.57. The van der Waals surface area contributed by atoms with E-state index in [1.54, 1.807) is 13.0 Å². The molecule has 6 atom stereocenters. The molecule has 0 aliphatic heterocycles. The number of amides is 1. The Morgan fingerprint density at radius 2 is 2.06 bits per heavy atom. The Hall–Kier alpha value is -1.64. The van der Waals surface area contributed by atoms with Gasteiger partial charge in [0.1, 0.15) is 11.4 Å². The summed E-state index contributed by atoms with van der Waals surface area (Å²) >= 11 is 0. The Labute approximate surface area is 183 Å². The third-order valence-corrected chi connectivity index (χ3v) is 9.88. The maximum atomic E-state index is 12.1. The van der Waals surface area contributed by atoms with E-state index in [2.05, 4.69) is 6.92 Å². The van der Waals surface area contributed by atoms with Crippen molar-refractivity contribution >= 4 is 21.9 Å². The van der Waals surface area contributed by atoms with E-state index >= 15 is 0 Å². The molecule has 0 saturated heterocycles. The van der Waals surface area contributed by atoms with Crippen molar-refractivity contribution in [3.8, 4) is 5.75 Å². The van der Waals surface area contributed by atoms with E-state index in [4.69, 9.17) is 4.74 Å². The lowest BCUT2D eigenvalue weighted by atomic mass is 9.52. The predicted octanol–water partition coefficient (Wildman–Crippen LogP) is 3.46. The van der Waals surface area contributed by atoms with Gasteiger partial charge in [0.05, 0.1) is 12.7 Å². The molecule has 7 nitrogen and oxygen atoms in total. The second-order valence-corrected chi connectivity index (χ2v) is 11.4. The number of aliphatic hydroxyl groups excluding tert-OH is 1. The van der Waals surface area contributed by atoms with Crippen LogP contribution < -0.4 is 9.04 Å². The number of hydrogen-bond donors (Lipinski definition) is 2. The second kappa shape index (κ2) is 6.68. The number of hydrogen-bond acceptors (Lipinski definition) is 5. The molecule has 0 unspecified atom stereocenters. The van der Waals surface area contributed by atoms with Crippen LogP contribution in [0.3, 0.4) is 0 Å². The highest BCUT2D eigenvalue weighted by Crippen LogP contribution is 2.81. The lowest BCUT2D eigenvalue weighted by Gasteiger charge is -2.53. The molecule has 1 aromatic rings. The second-order valence-electron chi connectivity index (χ2n) is 10.1. The van der Waals surface area contributed by atoms with Crippen LogP contribution in [0.4, 0.5) is 5.69 Å². The summed E-state index contributed by atoms with van der Waals surface area (Å²) in [6, 6.07) is 3.61. The molecule has 170 valence electrons. The summed E-state index contributed by atoms with van der Waals surface area (Å²) in [6.45, 7) is 5.51. The zero-order chi connectivity index (χ0) is 22.3. The van der Waals surface area contributed by atoms with Crippen LogP contribution in [0.5, 0.6) is 5.75 Å². The van der Waals surface area contributed by atoms with Crippen LogP contribution in [0, 0.1) is 22.7 Å². The number of ether oxygens (including phenoxy) is 1. The zero-order valence-electron chi connectivity index (χ0n) is 18.3. The summed E-state index contributed by atoms with van der Waals surface area (Å²) in [4.78, 5) is 12.1. The Bertz CT molecular complexity index is 1050. The van der Waals surface area contributed by atoms with Crippen molar-refractivity contribution in [3.63, 3.8) is 0 Å². The van der Waals surface area contributed by atoms with Crippen LogP contribution in [0.15, 0.2) is 12.1 Å². The summed E-state index contributed by atoms with van der Waals surface area (Å²) in [7, 11) is -4.76. The minimum Gasteiger partial charge on any atom is -0.492 e. The number of aryl methyl sites for hydroxylation is 1. The first-order valence-electron chi connectivity index (χ1n) is 11.3. The largest absolute Gasteiger partial charge is 0.492 e. The quantitative estimate of drug-likeness (QED) is 0.682. The van der Waals surface area contributed by atoms with Crippen LogP contribution in [-0.4, -0.2) is 36.7 Å². The van der Waals surface area contributed by atoms with Crippen molar-refractivity contribution in [1.82, 2.24) is 0 Å². The van der Waals surface area contributed by atoms with Gasteiger partial charge in [0.25, 0.3) is 0 Å². The third kappa shape index (κ3) is 2.77. The first-order chi connectivity index (χ1) is 14.5. The first-order valence-corrected chi connectivity index (χ1v) is 12.7. The number of benzene rings is 1. The molecule has 1 aromatic carbocycles. The minimum absolute atomic E-state index is 0.00454. The smallest absolute Gasteiger partial charge is 0.366 e. The van der Waals surface area contributed by atoms with E-state index < -0.39 is 16.2 Å². The van der Waals surface area contributed by atoms with Gasteiger partial charge in [0, 0.05) is 6.92 Å². The normalized spacial score (nSPS) is 37.8. The third-order valence-electron chi connectivity index (χ3n) is 8.96. The van der Waals surface area contributed by atoms with Crippen molar-refractivity contribution in [3.05, 3.63) is 23.3 Å². The highest BCUT2D eigenvalue weighted by atomic mass is 32.2. The number of carbonyl (C=O) groups is 1. The summed E-state index contributed by atoms with van der Waals surface area (Å²) in [5.74, 6) is 0.980. The molecule has 3 saturated carbocycles. The van der Waals surface area contributed by atoms with Crippen molar-refractivity contribution in [2.24, 2.45) is 22.7 Å². The first kappa shape index (κ1) is 21.2. The average Bonchev–Trinajstić information content (AvgIpc) is 3.33. The molecular weight excluding hydrogens is 418 g/mol. The molecule has 8 heteroatoms. The molecule has 0 aromatic heterocycles. The molecule has 0 heterocycles. The van der Waals surface area contributed by atoms with Crippen molar-refractivity contribution in [2.45, 2.75) is 71.3 Å². The Morgan fingerprint density at radius 3 is 2.71 bits per heavy atom. The molecule has 1 amide bonds. The average molecular weight is 450 g/mol. The Morgan fingerprint density at radius 1 is 1.32 bits per heavy atom. The van der Waals surface area contributed by atoms with Crippen molar-refractivity contribution < 1.29 is 27.6 Å². The molecule has 4 aliphatic rings. The molecule has 1 spiro atoms. The van der Waals surface area contributed by atoms with E-state index in [-0.39, 0.29) is 22.6 Å². The van der Waals surface area contributed by atoms with Gasteiger partial charge in [-0.15, -0.1) is 0 Å². The van der Waals surface area contributed by atoms with Gasteiger partial charge in [-0.3, -0.25) is 9.35 Å². The number of aliphatic hydroxyl groups is 1. The highest BCUT2D eigenvalue weighted by molar-refractivity contribution is 7.88. The lowest BCUT2D eigenvalue weighted by Crippen LogP contribution is -2.47. The summed E-state index contributed by atoms with van der Waals surface area (Å²) < 4.78 is 39.8. The molecule has 0 bridgehead atoms. The van der Waals surface area contributed by atoms with Crippen LogP contribution in [0.1, 0.15) is 69.9 Å². The van der Waals surface area contributed by atoms with Gasteiger partial charge in [0.2, 0.25) is 5.91 Å². The van der Waals surface area contributed by atoms with Gasteiger partial charge in [-0.25, -0.2) is 0 Å². The number of fused-ring (bicyclic) bond motifs is 3. The van der Waals surface area contributed by atoms with Crippen LogP contribution in [0.2, 0.25) is 0 Å². The van der Waals surface area contributed by atoms with Crippen LogP contribution >= 0.6 is 0 Å².